The van der Waals surface area contributed by atoms with Crippen LogP contribution in [0.15, 0.2) is 60.7 Å². The molecule has 2 aromatic carbocycles. The van der Waals surface area contributed by atoms with Crippen LogP contribution in [0.2, 0.25) is 0 Å². The smallest absolute Gasteiger partial charge is 0.321 e. The van der Waals surface area contributed by atoms with Gasteiger partial charge in [-0.3, -0.25) is 9.59 Å². The molecule has 0 atom stereocenters. The molecule has 1 heterocycles. The van der Waals surface area contributed by atoms with Gasteiger partial charge in [0.15, 0.2) is 0 Å². The fourth-order valence-electron chi connectivity index (χ4n) is 2.22. The highest BCUT2D eigenvalue weighted by atomic mass is 32.6. The van der Waals surface area contributed by atoms with Crippen LogP contribution in [0.4, 0.5) is 0 Å². The Balaban J connectivity index is 2.13. The van der Waals surface area contributed by atoms with Gasteiger partial charge in [0.05, 0.1) is 20.5 Å². The number of carbonyl (C=O) groups is 2. The number of benzene rings is 2. The Morgan fingerprint density at radius 1 is 0.783 bits per heavy atom. The molecule has 23 heavy (non-hydrogen) atoms. The van der Waals surface area contributed by atoms with Crippen molar-refractivity contribution in [2.45, 2.75) is 12.8 Å². The zero-order chi connectivity index (χ0) is 16.3. The molecule has 0 amide bonds. The molecule has 0 aromatic heterocycles. The Morgan fingerprint density at radius 3 is 1.57 bits per heavy atom. The molecule has 0 radical (unpaired) electrons. The van der Waals surface area contributed by atoms with Gasteiger partial charge in [-0.2, -0.15) is 0 Å². The van der Waals surface area contributed by atoms with E-state index in [0.29, 0.717) is 0 Å². The first kappa shape index (κ1) is 16.3. The molecule has 0 unspecified atom stereocenters. The summed E-state index contributed by atoms with van der Waals surface area (Å²) in [5, 5.41) is 1.86. The lowest BCUT2D eigenvalue weighted by Gasteiger charge is -2.28. The van der Waals surface area contributed by atoms with E-state index in [0.717, 1.165) is 10.6 Å². The van der Waals surface area contributed by atoms with Crippen molar-refractivity contribution in [2.24, 2.45) is 0 Å². The number of rotatable bonds is 3. The van der Waals surface area contributed by atoms with Crippen molar-refractivity contribution < 1.29 is 18.6 Å². The van der Waals surface area contributed by atoms with Gasteiger partial charge >= 0.3 is 18.1 Å². The van der Waals surface area contributed by atoms with E-state index in [1.807, 2.05) is 60.7 Å². The third kappa shape index (κ3) is 3.69. The molecule has 1 fully saturated rings. The minimum absolute atomic E-state index is 0.0178. The third-order valence-electron chi connectivity index (χ3n) is 3.21. The van der Waals surface area contributed by atoms with Gasteiger partial charge in [0.2, 0.25) is 0 Å². The highest BCUT2D eigenvalue weighted by Gasteiger charge is 2.41. The third-order valence-corrected chi connectivity index (χ3v) is 11.4. The topological polar surface area (TPSA) is 52.6 Å². The van der Waals surface area contributed by atoms with Crippen LogP contribution >= 0.6 is 13.8 Å². The van der Waals surface area contributed by atoms with Gasteiger partial charge in [0.1, 0.15) is 0 Å². The Bertz CT molecular complexity index is 703. The molecule has 0 N–H and O–H groups in total. The Hall–Kier alpha value is -1.54. The van der Waals surface area contributed by atoms with Crippen molar-refractivity contribution in [3.63, 3.8) is 0 Å². The molecule has 0 bridgehead atoms. The van der Waals surface area contributed by atoms with Crippen LogP contribution in [0.5, 0.6) is 0 Å². The molecule has 7 heteroatoms. The molecule has 3 rings (SSSR count). The van der Waals surface area contributed by atoms with E-state index in [1.165, 1.54) is 0 Å². The summed E-state index contributed by atoms with van der Waals surface area (Å²) in [6, 6.07) is 19.1. The SMILES string of the molecule is O=C1CCC(=O)OP(=S)(P(c2ccccc2)c2ccccc2)O1. The van der Waals surface area contributed by atoms with E-state index >= 15 is 0 Å². The summed E-state index contributed by atoms with van der Waals surface area (Å²) in [6.45, 7) is 0. The molecule has 1 aliphatic heterocycles. The zero-order valence-electron chi connectivity index (χ0n) is 12.1. The maximum atomic E-state index is 11.9. The molecule has 0 spiro atoms. The molecule has 0 saturated carbocycles. The van der Waals surface area contributed by atoms with Gasteiger partial charge in [-0.25, -0.2) is 0 Å². The van der Waals surface area contributed by atoms with Crippen molar-refractivity contribution in [3.8, 4) is 0 Å². The van der Waals surface area contributed by atoms with Crippen molar-refractivity contribution in [3.05, 3.63) is 60.7 Å². The first-order chi connectivity index (χ1) is 11.1. The first-order valence-electron chi connectivity index (χ1n) is 7.04. The summed E-state index contributed by atoms with van der Waals surface area (Å²) in [4.78, 5) is 23.9. The molecular formula is C16H14O4P2S. The molecule has 1 aliphatic rings. The number of hydrogen-bond acceptors (Lipinski definition) is 5. The summed E-state index contributed by atoms with van der Waals surface area (Å²) in [7, 11) is -1.28. The second kappa shape index (κ2) is 6.92. The van der Waals surface area contributed by atoms with Crippen molar-refractivity contribution in [1.82, 2.24) is 0 Å². The monoisotopic (exact) mass is 364 g/mol. The molecule has 2 aromatic rings. The second-order valence-corrected chi connectivity index (χ2v) is 12.9. The van der Waals surface area contributed by atoms with E-state index < -0.39 is 25.7 Å². The van der Waals surface area contributed by atoms with E-state index in [4.69, 9.17) is 20.9 Å². The fraction of sp³-hybridized carbons (Fsp3) is 0.125. The molecule has 1 saturated heterocycles. The van der Waals surface area contributed by atoms with E-state index in [1.54, 1.807) is 0 Å². The van der Waals surface area contributed by atoms with Crippen LogP contribution in [-0.2, 0) is 30.4 Å². The quantitative estimate of drug-likeness (QED) is 0.783. The lowest BCUT2D eigenvalue weighted by atomic mass is 10.3. The average Bonchev–Trinajstić information content (AvgIpc) is 2.67. The average molecular weight is 364 g/mol. The Kier molecular flexibility index (Phi) is 4.91. The highest BCUT2D eigenvalue weighted by Crippen LogP contribution is 2.76. The van der Waals surface area contributed by atoms with Gasteiger partial charge < -0.3 is 9.05 Å². The maximum absolute atomic E-state index is 11.9. The molecular weight excluding hydrogens is 350 g/mol. The molecule has 118 valence electrons. The summed E-state index contributed by atoms with van der Waals surface area (Å²) in [5.74, 6) is -0.919. The van der Waals surface area contributed by atoms with E-state index in [2.05, 4.69) is 0 Å². The van der Waals surface area contributed by atoms with Crippen LogP contribution in [0.3, 0.4) is 0 Å². The first-order valence-corrected chi connectivity index (χ1v) is 11.7. The van der Waals surface area contributed by atoms with Crippen LogP contribution in [0, 0.1) is 0 Å². The Morgan fingerprint density at radius 2 is 1.17 bits per heavy atom. The molecule has 4 nitrogen and oxygen atoms in total. The van der Waals surface area contributed by atoms with Crippen molar-refractivity contribution >= 4 is 48.1 Å². The van der Waals surface area contributed by atoms with Crippen LogP contribution in [0.1, 0.15) is 12.8 Å². The molecule has 0 aliphatic carbocycles. The highest BCUT2D eigenvalue weighted by molar-refractivity contribution is 8.52. The van der Waals surface area contributed by atoms with Gasteiger partial charge in [-0.1, -0.05) is 60.7 Å². The number of hydrogen-bond donors (Lipinski definition) is 0. The van der Waals surface area contributed by atoms with Crippen LogP contribution in [-0.4, -0.2) is 11.9 Å². The predicted octanol–water partition coefficient (Wildman–Crippen LogP) is 3.22. The lowest BCUT2D eigenvalue weighted by molar-refractivity contribution is -0.135. The summed E-state index contributed by atoms with van der Waals surface area (Å²) >= 11 is 5.63. The van der Waals surface area contributed by atoms with Crippen LogP contribution in [0.25, 0.3) is 0 Å². The van der Waals surface area contributed by atoms with Gasteiger partial charge in [-0.15, -0.1) is 0 Å². The van der Waals surface area contributed by atoms with Crippen molar-refractivity contribution in [1.29, 1.82) is 0 Å². The van der Waals surface area contributed by atoms with Crippen LogP contribution < -0.4 is 10.6 Å². The van der Waals surface area contributed by atoms with Gasteiger partial charge in [-0.05, 0) is 22.4 Å². The minimum Gasteiger partial charge on any atom is -0.400 e. The zero-order valence-corrected chi connectivity index (χ0v) is 14.7. The Labute approximate surface area is 140 Å². The summed E-state index contributed by atoms with van der Waals surface area (Å²) in [6.07, 6.45) is -3.09. The predicted molar refractivity (Wildman–Crippen MR) is 94.8 cm³/mol. The van der Waals surface area contributed by atoms with Crippen molar-refractivity contribution in [2.75, 3.05) is 0 Å². The fourth-order valence-corrected chi connectivity index (χ4v) is 10.6. The standard InChI is InChI=1S/C16H14O4P2S/c17-15-11-12-16(18)20-22(23,19-15)21(13-7-3-1-4-8-13)14-9-5-2-6-10-14/h1-10H,11-12H2. The number of carbonyl (C=O) groups excluding carboxylic acids is 2. The lowest BCUT2D eigenvalue weighted by Crippen LogP contribution is -2.14. The second-order valence-electron chi connectivity index (χ2n) is 4.88. The minimum atomic E-state index is -3.12. The van der Waals surface area contributed by atoms with E-state index in [9.17, 15) is 9.59 Å². The normalized spacial score (nSPS) is 17.3. The van der Waals surface area contributed by atoms with Gasteiger partial charge in [0.25, 0.3) is 0 Å². The summed E-state index contributed by atoms with van der Waals surface area (Å²) < 4.78 is 11.0. The summed E-state index contributed by atoms with van der Waals surface area (Å²) in [5.41, 5.74) is 0. The van der Waals surface area contributed by atoms with E-state index in [-0.39, 0.29) is 12.8 Å². The maximum Gasteiger partial charge on any atom is 0.321 e. The van der Waals surface area contributed by atoms with Gasteiger partial charge in [0, 0.05) is 0 Å². The largest absolute Gasteiger partial charge is 0.400 e.